The molecule has 1 amide bonds. The zero-order chi connectivity index (χ0) is 17.0. The summed E-state index contributed by atoms with van der Waals surface area (Å²) in [5, 5.41) is 3.56. The molecular weight excluding hydrogens is 290 g/mol. The first-order valence-corrected chi connectivity index (χ1v) is 8.32. The maximum Gasteiger partial charge on any atom is 0.410 e. The van der Waals surface area contributed by atoms with Crippen molar-refractivity contribution in [1.29, 1.82) is 0 Å². The van der Waals surface area contributed by atoms with Gasteiger partial charge in [-0.2, -0.15) is 0 Å². The molecule has 2 atom stereocenters. The molecule has 2 unspecified atom stereocenters. The van der Waals surface area contributed by atoms with Gasteiger partial charge in [0.1, 0.15) is 5.60 Å². The SMILES string of the molecule is CC1CC(NCc2ccccc2N)CCN1C(=O)OC(C)(C)C. The molecule has 1 saturated heterocycles. The molecule has 23 heavy (non-hydrogen) atoms. The molecule has 1 aromatic rings. The van der Waals surface area contributed by atoms with Crippen LogP contribution in [0.2, 0.25) is 0 Å². The maximum absolute atomic E-state index is 12.2. The summed E-state index contributed by atoms with van der Waals surface area (Å²) < 4.78 is 5.48. The Hall–Kier alpha value is -1.75. The van der Waals surface area contributed by atoms with Gasteiger partial charge in [-0.15, -0.1) is 0 Å². The molecule has 2 rings (SSSR count). The summed E-state index contributed by atoms with van der Waals surface area (Å²) in [6, 6.07) is 8.47. The first kappa shape index (κ1) is 17.6. The second-order valence-corrected chi connectivity index (χ2v) is 7.32. The average molecular weight is 319 g/mol. The molecule has 0 bridgehead atoms. The van der Waals surface area contributed by atoms with E-state index in [1.54, 1.807) is 0 Å². The van der Waals surface area contributed by atoms with Crippen LogP contribution in [0.3, 0.4) is 0 Å². The van der Waals surface area contributed by atoms with Gasteiger partial charge in [0.2, 0.25) is 0 Å². The lowest BCUT2D eigenvalue weighted by Crippen LogP contribution is -2.50. The Kier molecular flexibility index (Phi) is 5.52. The number of likely N-dealkylation sites (tertiary alicyclic amines) is 1. The zero-order valence-corrected chi connectivity index (χ0v) is 14.6. The van der Waals surface area contributed by atoms with Crippen molar-refractivity contribution in [3.05, 3.63) is 29.8 Å². The quantitative estimate of drug-likeness (QED) is 0.840. The third-order valence-corrected chi connectivity index (χ3v) is 4.14. The Morgan fingerprint density at radius 3 is 2.70 bits per heavy atom. The number of hydrogen-bond donors (Lipinski definition) is 2. The fourth-order valence-electron chi connectivity index (χ4n) is 2.90. The highest BCUT2D eigenvalue weighted by atomic mass is 16.6. The number of carbonyl (C=O) groups is 1. The number of anilines is 1. The Balaban J connectivity index is 1.84. The standard InChI is InChI=1S/C18H29N3O2/c1-13-11-15(20-12-14-7-5-6-8-16(14)19)9-10-21(13)17(22)23-18(2,3)4/h5-8,13,15,20H,9-12,19H2,1-4H3. The third kappa shape index (κ3) is 5.13. The lowest BCUT2D eigenvalue weighted by atomic mass is 9.98. The van der Waals surface area contributed by atoms with Crippen LogP contribution in [0.25, 0.3) is 0 Å². The number of piperidine rings is 1. The average Bonchev–Trinajstić information content (AvgIpc) is 2.44. The Morgan fingerprint density at radius 1 is 1.39 bits per heavy atom. The molecule has 0 radical (unpaired) electrons. The van der Waals surface area contributed by atoms with E-state index in [9.17, 15) is 4.79 Å². The van der Waals surface area contributed by atoms with Crippen molar-refractivity contribution in [2.45, 2.75) is 64.8 Å². The lowest BCUT2D eigenvalue weighted by molar-refractivity contribution is 0.00933. The highest BCUT2D eigenvalue weighted by Gasteiger charge is 2.31. The van der Waals surface area contributed by atoms with Crippen LogP contribution in [0.15, 0.2) is 24.3 Å². The smallest absolute Gasteiger partial charge is 0.410 e. The molecule has 1 heterocycles. The lowest BCUT2D eigenvalue weighted by Gasteiger charge is -2.38. The first-order chi connectivity index (χ1) is 10.8. The van der Waals surface area contributed by atoms with Gasteiger partial charge >= 0.3 is 6.09 Å². The van der Waals surface area contributed by atoms with Crippen LogP contribution in [0, 0.1) is 0 Å². The minimum absolute atomic E-state index is 0.171. The molecule has 1 aliphatic rings. The first-order valence-electron chi connectivity index (χ1n) is 8.32. The number of rotatable bonds is 3. The van der Waals surface area contributed by atoms with Gasteiger partial charge < -0.3 is 20.7 Å². The number of nitrogens with two attached hydrogens (primary N) is 1. The molecule has 5 heteroatoms. The molecule has 5 nitrogen and oxygen atoms in total. The number of amides is 1. The Bertz CT molecular complexity index is 539. The second-order valence-electron chi connectivity index (χ2n) is 7.32. The van der Waals surface area contributed by atoms with E-state index in [-0.39, 0.29) is 12.1 Å². The number of ether oxygens (including phenoxy) is 1. The molecule has 1 aliphatic heterocycles. The number of nitrogens with zero attached hydrogens (tertiary/aromatic N) is 1. The zero-order valence-electron chi connectivity index (χ0n) is 14.6. The van der Waals surface area contributed by atoms with Crippen LogP contribution >= 0.6 is 0 Å². The minimum Gasteiger partial charge on any atom is -0.444 e. The van der Waals surface area contributed by atoms with Crippen molar-refractivity contribution in [2.24, 2.45) is 0 Å². The number of para-hydroxylation sites is 1. The van der Waals surface area contributed by atoms with Crippen molar-refractivity contribution in [3.63, 3.8) is 0 Å². The summed E-state index contributed by atoms with van der Waals surface area (Å²) in [5.41, 5.74) is 7.47. The van der Waals surface area contributed by atoms with Gasteiger partial charge in [-0.3, -0.25) is 0 Å². The number of nitrogen functional groups attached to an aromatic ring is 1. The second kappa shape index (κ2) is 7.21. The van der Waals surface area contributed by atoms with Crippen LogP contribution in [-0.4, -0.2) is 35.2 Å². The molecule has 3 N–H and O–H groups in total. The topological polar surface area (TPSA) is 67.6 Å². The molecule has 1 aromatic carbocycles. The molecule has 0 aromatic heterocycles. The minimum atomic E-state index is -0.448. The van der Waals surface area contributed by atoms with Gasteiger partial charge in [0.25, 0.3) is 0 Å². The van der Waals surface area contributed by atoms with E-state index in [0.717, 1.165) is 37.2 Å². The van der Waals surface area contributed by atoms with Gasteiger partial charge in [-0.1, -0.05) is 18.2 Å². The van der Waals surface area contributed by atoms with Crippen molar-refractivity contribution < 1.29 is 9.53 Å². The normalized spacial score (nSPS) is 22.0. The summed E-state index contributed by atoms with van der Waals surface area (Å²) in [6.07, 6.45) is 1.64. The predicted molar refractivity (Wildman–Crippen MR) is 93.1 cm³/mol. The van der Waals surface area contributed by atoms with Crippen molar-refractivity contribution in [2.75, 3.05) is 12.3 Å². The van der Waals surface area contributed by atoms with E-state index in [1.807, 2.05) is 49.9 Å². The summed E-state index contributed by atoms with van der Waals surface area (Å²) >= 11 is 0. The highest BCUT2D eigenvalue weighted by molar-refractivity contribution is 5.68. The fraction of sp³-hybridized carbons (Fsp3) is 0.611. The number of nitrogens with one attached hydrogen (secondary N) is 1. The van der Waals surface area contributed by atoms with E-state index < -0.39 is 5.60 Å². The third-order valence-electron chi connectivity index (χ3n) is 4.14. The summed E-state index contributed by atoms with van der Waals surface area (Å²) in [4.78, 5) is 14.1. The predicted octanol–water partition coefficient (Wildman–Crippen LogP) is 3.15. The molecule has 0 saturated carbocycles. The fourth-order valence-corrected chi connectivity index (χ4v) is 2.90. The van der Waals surface area contributed by atoms with Gasteiger partial charge in [0.05, 0.1) is 0 Å². The molecular formula is C18H29N3O2. The van der Waals surface area contributed by atoms with Crippen LogP contribution in [0.5, 0.6) is 0 Å². The molecule has 128 valence electrons. The van der Waals surface area contributed by atoms with E-state index in [4.69, 9.17) is 10.5 Å². The van der Waals surface area contributed by atoms with Crippen LogP contribution < -0.4 is 11.1 Å². The van der Waals surface area contributed by atoms with Crippen molar-refractivity contribution in [3.8, 4) is 0 Å². The van der Waals surface area contributed by atoms with Crippen molar-refractivity contribution in [1.82, 2.24) is 10.2 Å². The number of hydrogen-bond acceptors (Lipinski definition) is 4. The summed E-state index contributed by atoms with van der Waals surface area (Å²) in [5.74, 6) is 0. The van der Waals surface area contributed by atoms with E-state index in [1.165, 1.54) is 0 Å². The Labute approximate surface area is 139 Å². The van der Waals surface area contributed by atoms with Gasteiger partial charge in [-0.05, 0) is 52.2 Å². The molecule has 0 aliphatic carbocycles. The molecule has 1 fully saturated rings. The molecule has 0 spiro atoms. The largest absolute Gasteiger partial charge is 0.444 e. The number of benzene rings is 1. The van der Waals surface area contributed by atoms with E-state index in [2.05, 4.69) is 12.2 Å². The van der Waals surface area contributed by atoms with Gasteiger partial charge in [-0.25, -0.2) is 4.79 Å². The highest BCUT2D eigenvalue weighted by Crippen LogP contribution is 2.21. The van der Waals surface area contributed by atoms with Crippen LogP contribution in [0.4, 0.5) is 10.5 Å². The van der Waals surface area contributed by atoms with Gasteiger partial charge in [0, 0.05) is 30.9 Å². The van der Waals surface area contributed by atoms with Crippen molar-refractivity contribution >= 4 is 11.8 Å². The monoisotopic (exact) mass is 319 g/mol. The number of carbonyl (C=O) groups excluding carboxylic acids is 1. The van der Waals surface area contributed by atoms with Crippen LogP contribution in [0.1, 0.15) is 46.1 Å². The summed E-state index contributed by atoms with van der Waals surface area (Å²) in [6.45, 7) is 9.25. The maximum atomic E-state index is 12.2. The summed E-state index contributed by atoms with van der Waals surface area (Å²) in [7, 11) is 0. The van der Waals surface area contributed by atoms with Gasteiger partial charge in [0.15, 0.2) is 0 Å². The van der Waals surface area contributed by atoms with E-state index in [0.29, 0.717) is 6.04 Å². The van der Waals surface area contributed by atoms with Crippen LogP contribution in [-0.2, 0) is 11.3 Å². The Morgan fingerprint density at radius 2 is 2.09 bits per heavy atom. The van der Waals surface area contributed by atoms with E-state index >= 15 is 0 Å².